The molecule has 0 N–H and O–H groups in total. The van der Waals surface area contributed by atoms with Gasteiger partial charge in [-0.1, -0.05) is 19.1 Å². The largest absolute Gasteiger partial charge is 0.309 e. The molecule has 19 heavy (non-hydrogen) atoms. The molecule has 0 aliphatic carbocycles. The normalized spacial score (nSPS) is 19.4. The van der Waals surface area contributed by atoms with E-state index in [0.29, 0.717) is 6.42 Å². The summed E-state index contributed by atoms with van der Waals surface area (Å²) in [6.07, 6.45) is 3.37. The van der Waals surface area contributed by atoms with E-state index in [1.165, 1.54) is 11.1 Å². The molecule has 1 aromatic carbocycles. The van der Waals surface area contributed by atoms with Crippen LogP contribution < -0.4 is 4.90 Å². The molecule has 1 heterocycles. The quantitative estimate of drug-likeness (QED) is 0.765. The highest BCUT2D eigenvalue weighted by Crippen LogP contribution is 2.33. The van der Waals surface area contributed by atoms with E-state index in [9.17, 15) is 4.79 Å². The van der Waals surface area contributed by atoms with Crippen LogP contribution in [0.1, 0.15) is 44.7 Å². The zero-order valence-electron chi connectivity index (χ0n) is 11.9. The Kier molecular flexibility index (Phi) is 4.51. The van der Waals surface area contributed by atoms with Crippen LogP contribution in [-0.4, -0.2) is 17.3 Å². The van der Waals surface area contributed by atoms with Crippen LogP contribution in [0.25, 0.3) is 0 Å². The van der Waals surface area contributed by atoms with Crippen molar-refractivity contribution in [3.8, 4) is 0 Å². The van der Waals surface area contributed by atoms with E-state index in [-0.39, 0.29) is 17.3 Å². The number of halogens is 1. The molecule has 2 unspecified atom stereocenters. The maximum atomic E-state index is 12.2. The lowest BCUT2D eigenvalue weighted by Gasteiger charge is -2.22. The first-order chi connectivity index (χ1) is 9.02. The molecule has 0 saturated carbocycles. The lowest BCUT2D eigenvalue weighted by Crippen LogP contribution is -2.35. The SMILES string of the molecule is CCCC(=O)N1c2ccc(CC(C)Cl)cc2CC1C. The summed E-state index contributed by atoms with van der Waals surface area (Å²) in [6, 6.07) is 6.67. The minimum absolute atomic E-state index is 0.148. The number of fused-ring (bicyclic) bond motifs is 1. The number of hydrogen-bond acceptors (Lipinski definition) is 1. The first-order valence-corrected chi connectivity index (χ1v) is 7.54. The van der Waals surface area contributed by atoms with Gasteiger partial charge in [0.15, 0.2) is 0 Å². The monoisotopic (exact) mass is 279 g/mol. The molecule has 0 saturated heterocycles. The minimum atomic E-state index is 0.148. The number of alkyl halides is 1. The van der Waals surface area contributed by atoms with E-state index in [0.717, 1.165) is 24.9 Å². The highest BCUT2D eigenvalue weighted by atomic mass is 35.5. The summed E-state index contributed by atoms with van der Waals surface area (Å²) in [7, 11) is 0. The van der Waals surface area contributed by atoms with Crippen LogP contribution in [0.3, 0.4) is 0 Å². The number of anilines is 1. The zero-order valence-corrected chi connectivity index (χ0v) is 12.7. The third-order valence-electron chi connectivity index (χ3n) is 3.61. The lowest BCUT2D eigenvalue weighted by molar-refractivity contribution is -0.118. The minimum Gasteiger partial charge on any atom is -0.309 e. The summed E-state index contributed by atoms with van der Waals surface area (Å²) in [5, 5.41) is 0.148. The van der Waals surface area contributed by atoms with E-state index < -0.39 is 0 Å². The summed E-state index contributed by atoms with van der Waals surface area (Å²) in [5.41, 5.74) is 3.64. The predicted octanol–water partition coefficient (Wildman–Crippen LogP) is 3.93. The first kappa shape index (κ1) is 14.4. The fraction of sp³-hybridized carbons (Fsp3) is 0.562. The van der Waals surface area contributed by atoms with Gasteiger partial charge in [0.25, 0.3) is 0 Å². The number of amides is 1. The Morgan fingerprint density at radius 1 is 1.53 bits per heavy atom. The smallest absolute Gasteiger partial charge is 0.227 e. The molecule has 2 atom stereocenters. The summed E-state index contributed by atoms with van der Waals surface area (Å²) in [5.74, 6) is 0.243. The zero-order chi connectivity index (χ0) is 14.0. The molecule has 1 aliphatic rings. The summed E-state index contributed by atoms with van der Waals surface area (Å²) < 4.78 is 0. The maximum absolute atomic E-state index is 12.2. The Morgan fingerprint density at radius 3 is 2.89 bits per heavy atom. The molecule has 0 aromatic heterocycles. The van der Waals surface area contributed by atoms with E-state index >= 15 is 0 Å². The van der Waals surface area contributed by atoms with E-state index in [1.807, 2.05) is 18.7 Å². The first-order valence-electron chi connectivity index (χ1n) is 7.10. The lowest BCUT2D eigenvalue weighted by atomic mass is 10.0. The second kappa shape index (κ2) is 5.96. The topological polar surface area (TPSA) is 20.3 Å². The van der Waals surface area contributed by atoms with Gasteiger partial charge in [0.1, 0.15) is 0 Å². The second-order valence-corrected chi connectivity index (χ2v) is 6.26. The fourth-order valence-corrected chi connectivity index (χ4v) is 3.03. The Morgan fingerprint density at radius 2 is 2.26 bits per heavy atom. The number of carbonyl (C=O) groups is 1. The van der Waals surface area contributed by atoms with Crippen LogP contribution in [-0.2, 0) is 17.6 Å². The Hall–Kier alpha value is -1.02. The third kappa shape index (κ3) is 3.11. The van der Waals surface area contributed by atoms with E-state index in [1.54, 1.807) is 0 Å². The highest BCUT2D eigenvalue weighted by molar-refractivity contribution is 6.20. The van der Waals surface area contributed by atoms with Gasteiger partial charge < -0.3 is 4.90 Å². The second-order valence-electron chi connectivity index (χ2n) is 5.51. The van der Waals surface area contributed by atoms with Gasteiger partial charge in [0.2, 0.25) is 5.91 Å². The fourth-order valence-electron chi connectivity index (χ4n) is 2.85. The summed E-state index contributed by atoms with van der Waals surface area (Å²) in [4.78, 5) is 14.2. The van der Waals surface area contributed by atoms with Gasteiger partial charge in [0, 0.05) is 23.5 Å². The Labute approximate surface area is 120 Å². The van der Waals surface area contributed by atoms with Gasteiger partial charge in [-0.3, -0.25) is 4.79 Å². The standard InChI is InChI=1S/C16H22ClNO/c1-4-5-16(19)18-12(3)9-14-10-13(8-11(2)17)6-7-15(14)18/h6-7,10-12H,4-5,8-9H2,1-3H3. The van der Waals surface area contributed by atoms with Crippen LogP contribution >= 0.6 is 11.6 Å². The van der Waals surface area contributed by atoms with Gasteiger partial charge in [-0.2, -0.15) is 0 Å². The Bertz CT molecular complexity index is 470. The molecule has 2 rings (SSSR count). The van der Waals surface area contributed by atoms with Crippen LogP contribution in [0.4, 0.5) is 5.69 Å². The molecule has 1 aliphatic heterocycles. The van der Waals surface area contributed by atoms with Gasteiger partial charge >= 0.3 is 0 Å². The maximum Gasteiger partial charge on any atom is 0.227 e. The van der Waals surface area contributed by atoms with Crippen LogP contribution in [0.15, 0.2) is 18.2 Å². The molecule has 3 heteroatoms. The van der Waals surface area contributed by atoms with Crippen molar-refractivity contribution in [1.82, 2.24) is 0 Å². The van der Waals surface area contributed by atoms with Crippen LogP contribution in [0.2, 0.25) is 0 Å². The van der Waals surface area contributed by atoms with Gasteiger partial charge in [0.05, 0.1) is 0 Å². The van der Waals surface area contributed by atoms with Gasteiger partial charge in [-0.25, -0.2) is 0 Å². The van der Waals surface area contributed by atoms with Gasteiger partial charge in [-0.15, -0.1) is 11.6 Å². The molecule has 104 valence electrons. The molecular formula is C16H22ClNO. The summed E-state index contributed by atoms with van der Waals surface area (Å²) >= 11 is 6.05. The molecule has 1 aromatic rings. The van der Waals surface area contributed by atoms with Crippen molar-refractivity contribution < 1.29 is 4.79 Å². The average molecular weight is 280 g/mol. The van der Waals surface area contributed by atoms with Crippen LogP contribution in [0.5, 0.6) is 0 Å². The number of hydrogen-bond donors (Lipinski definition) is 0. The van der Waals surface area contributed by atoms with Crippen molar-refractivity contribution in [2.75, 3.05) is 4.90 Å². The molecule has 0 radical (unpaired) electrons. The molecule has 1 amide bonds. The van der Waals surface area contributed by atoms with Crippen molar-refractivity contribution in [1.29, 1.82) is 0 Å². The summed E-state index contributed by atoms with van der Waals surface area (Å²) in [6.45, 7) is 6.18. The van der Waals surface area contributed by atoms with Crippen molar-refractivity contribution in [2.45, 2.75) is 57.9 Å². The third-order valence-corrected chi connectivity index (χ3v) is 3.76. The number of rotatable bonds is 4. The molecule has 0 bridgehead atoms. The van der Waals surface area contributed by atoms with Crippen molar-refractivity contribution in [3.05, 3.63) is 29.3 Å². The van der Waals surface area contributed by atoms with Crippen molar-refractivity contribution in [2.24, 2.45) is 0 Å². The van der Waals surface area contributed by atoms with E-state index in [4.69, 9.17) is 11.6 Å². The Balaban J connectivity index is 2.24. The predicted molar refractivity (Wildman–Crippen MR) is 81.0 cm³/mol. The molecule has 2 nitrogen and oxygen atoms in total. The molecular weight excluding hydrogens is 258 g/mol. The number of nitrogens with zero attached hydrogens (tertiary/aromatic N) is 1. The molecule has 0 fully saturated rings. The van der Waals surface area contributed by atoms with Crippen molar-refractivity contribution in [3.63, 3.8) is 0 Å². The average Bonchev–Trinajstić information content (AvgIpc) is 2.63. The number of carbonyl (C=O) groups excluding carboxylic acids is 1. The molecule has 0 spiro atoms. The van der Waals surface area contributed by atoms with Crippen LogP contribution in [0, 0.1) is 0 Å². The number of benzene rings is 1. The van der Waals surface area contributed by atoms with Gasteiger partial charge in [-0.05, 0) is 50.3 Å². The highest BCUT2D eigenvalue weighted by Gasteiger charge is 2.30. The van der Waals surface area contributed by atoms with E-state index in [2.05, 4.69) is 25.1 Å². The van der Waals surface area contributed by atoms with Crippen molar-refractivity contribution >= 4 is 23.2 Å².